The minimum atomic E-state index is -1.40. The summed E-state index contributed by atoms with van der Waals surface area (Å²) in [6.07, 6.45) is 3.60. The Morgan fingerprint density at radius 2 is 1.76 bits per heavy atom. The van der Waals surface area contributed by atoms with E-state index in [0.717, 1.165) is 41.3 Å². The van der Waals surface area contributed by atoms with Crippen molar-refractivity contribution < 1.29 is 29.0 Å². The van der Waals surface area contributed by atoms with E-state index in [2.05, 4.69) is 41.7 Å². The van der Waals surface area contributed by atoms with Gasteiger partial charge < -0.3 is 30.8 Å². The van der Waals surface area contributed by atoms with Gasteiger partial charge in [-0.15, -0.1) is 0 Å². The monoisotopic (exact) mass is 616 g/mol. The van der Waals surface area contributed by atoms with Gasteiger partial charge in [0.1, 0.15) is 11.6 Å². The van der Waals surface area contributed by atoms with Crippen molar-refractivity contribution >= 4 is 34.8 Å². The van der Waals surface area contributed by atoms with Gasteiger partial charge in [-0.1, -0.05) is 69.3 Å². The van der Waals surface area contributed by atoms with Crippen LogP contribution in [0.3, 0.4) is 0 Å². The van der Waals surface area contributed by atoms with E-state index in [9.17, 15) is 19.2 Å². The van der Waals surface area contributed by atoms with Crippen LogP contribution in [0.1, 0.15) is 77.0 Å². The average Bonchev–Trinajstić information content (AvgIpc) is 3.57. The molecule has 2 aliphatic rings. The van der Waals surface area contributed by atoms with Crippen LogP contribution in [0.25, 0.3) is 10.9 Å². The molecule has 2 saturated carbocycles. The first kappa shape index (κ1) is 32.1. The fourth-order valence-corrected chi connectivity index (χ4v) is 7.35. The zero-order valence-corrected chi connectivity index (χ0v) is 26.4. The van der Waals surface area contributed by atoms with Gasteiger partial charge in [0.2, 0.25) is 11.8 Å². The molecule has 5 rings (SSSR count). The number of carboxylic acid groups (broad SMARTS) is 1. The topological polar surface area (TPSA) is 150 Å². The summed E-state index contributed by atoms with van der Waals surface area (Å²) in [4.78, 5) is 54.4. The number of benzene rings is 2. The minimum Gasteiger partial charge on any atom is -0.481 e. The largest absolute Gasteiger partial charge is 0.481 e. The second-order valence-corrected chi connectivity index (χ2v) is 13.6. The predicted octanol–water partition coefficient (Wildman–Crippen LogP) is 5.25. The first-order valence-electron chi connectivity index (χ1n) is 15.7. The third kappa shape index (κ3) is 6.55. The summed E-state index contributed by atoms with van der Waals surface area (Å²) in [5.74, 6) is -1.46. The van der Waals surface area contributed by atoms with Gasteiger partial charge in [-0.2, -0.15) is 0 Å². The normalized spacial score (nSPS) is 23.6. The maximum absolute atomic E-state index is 14.0. The molecule has 10 heteroatoms. The van der Waals surface area contributed by atoms with Gasteiger partial charge in [0, 0.05) is 41.9 Å². The van der Waals surface area contributed by atoms with Crippen molar-refractivity contribution in [2.45, 2.75) is 83.9 Å². The first-order valence-corrected chi connectivity index (χ1v) is 15.7. The van der Waals surface area contributed by atoms with E-state index in [-0.39, 0.29) is 42.7 Å². The lowest BCUT2D eigenvalue weighted by atomic mass is 9.70. The molecular formula is C35H44N4O6. The molecule has 5 atom stereocenters. The lowest BCUT2D eigenvalue weighted by Crippen LogP contribution is -2.59. The van der Waals surface area contributed by atoms with Crippen LogP contribution in [0.15, 0.2) is 60.8 Å². The van der Waals surface area contributed by atoms with Crippen molar-refractivity contribution in [3.63, 3.8) is 0 Å². The standard InChI is InChI=1S/C35H44N4O6/c1-33(2)24-16-17-34(33,3)28(18-24)45-32(44)39-35(4,19-23-20-36-26-13-9-8-12-25(23)26)31(43)37-21-27(22-10-6-5-7-11-22)38-29(40)14-15-30(41)42/h5-13,20,24,27-28,36H,14-19,21H2,1-4H3,(H,37,43)(H,38,40)(H,39,44)(H,41,42)/t24?,27-,28?,34?,35+/m0/s1. The first-order chi connectivity index (χ1) is 21.3. The lowest BCUT2D eigenvalue weighted by molar-refractivity contribution is -0.138. The van der Waals surface area contributed by atoms with Crippen LogP contribution in [0.4, 0.5) is 4.79 Å². The van der Waals surface area contributed by atoms with Crippen molar-refractivity contribution in [2.24, 2.45) is 16.7 Å². The summed E-state index contributed by atoms with van der Waals surface area (Å²) in [5.41, 5.74) is 1.06. The Hall–Kier alpha value is -4.34. The number of H-pyrrole nitrogens is 1. The molecule has 2 aromatic carbocycles. The second kappa shape index (κ2) is 12.6. The number of hydrogen-bond acceptors (Lipinski definition) is 5. The fraction of sp³-hybridized carbons (Fsp3) is 0.486. The highest BCUT2D eigenvalue weighted by atomic mass is 16.6. The molecule has 10 nitrogen and oxygen atoms in total. The van der Waals surface area contributed by atoms with E-state index in [0.29, 0.717) is 5.92 Å². The van der Waals surface area contributed by atoms with Gasteiger partial charge in [-0.25, -0.2) is 4.79 Å². The number of carbonyl (C=O) groups is 4. The molecule has 0 radical (unpaired) electrons. The molecule has 2 aliphatic carbocycles. The van der Waals surface area contributed by atoms with E-state index in [1.165, 1.54) is 0 Å². The number of aliphatic carboxylic acids is 1. The van der Waals surface area contributed by atoms with Gasteiger partial charge in [-0.05, 0) is 54.7 Å². The molecule has 1 heterocycles. The Balaban J connectivity index is 1.35. The van der Waals surface area contributed by atoms with Gasteiger partial charge >= 0.3 is 12.1 Å². The molecule has 0 saturated heterocycles. The molecule has 1 aromatic heterocycles. The quantitative estimate of drug-likeness (QED) is 0.188. The number of aromatic amines is 1. The third-order valence-electron chi connectivity index (χ3n) is 10.6. The van der Waals surface area contributed by atoms with E-state index >= 15 is 0 Å². The molecule has 5 N–H and O–H groups in total. The molecule has 0 aliphatic heterocycles. The number of hydrogen-bond donors (Lipinski definition) is 5. The summed E-state index contributed by atoms with van der Waals surface area (Å²) in [6, 6.07) is 16.3. The zero-order valence-electron chi connectivity index (χ0n) is 26.4. The SMILES string of the molecule is CC1(C)C2CCC1(C)C(OC(=O)N[C@](C)(Cc1c[nH]c3ccccc13)C(=O)NC[C@H](NC(=O)CCC(=O)O)c1ccccc1)C2. The maximum Gasteiger partial charge on any atom is 0.408 e. The highest BCUT2D eigenvalue weighted by Gasteiger charge is 2.63. The second-order valence-electron chi connectivity index (χ2n) is 13.6. The molecule has 3 aromatic rings. The number of nitrogens with one attached hydrogen (secondary N) is 4. The Labute approximate surface area is 263 Å². The molecule has 2 bridgehead atoms. The van der Waals surface area contributed by atoms with Crippen LogP contribution in [0.2, 0.25) is 0 Å². The number of amides is 3. The van der Waals surface area contributed by atoms with Gasteiger partial charge in [0.15, 0.2) is 0 Å². The number of ether oxygens (including phenoxy) is 1. The number of carboxylic acids is 1. The Morgan fingerprint density at radius 1 is 1.04 bits per heavy atom. The highest BCUT2D eigenvalue weighted by Crippen LogP contribution is 2.66. The van der Waals surface area contributed by atoms with E-state index in [1.54, 1.807) is 6.92 Å². The average molecular weight is 617 g/mol. The van der Waals surface area contributed by atoms with Gasteiger partial charge in [0.25, 0.3) is 0 Å². The fourth-order valence-electron chi connectivity index (χ4n) is 7.35. The Kier molecular flexibility index (Phi) is 8.96. The highest BCUT2D eigenvalue weighted by molar-refractivity contribution is 5.91. The van der Waals surface area contributed by atoms with Crippen molar-refractivity contribution in [3.8, 4) is 0 Å². The Bertz CT molecular complexity index is 1570. The molecule has 45 heavy (non-hydrogen) atoms. The molecule has 0 spiro atoms. The molecule has 240 valence electrons. The van der Waals surface area contributed by atoms with Crippen LogP contribution >= 0.6 is 0 Å². The number of carbonyl (C=O) groups excluding carboxylic acids is 3. The van der Waals surface area contributed by atoms with Gasteiger partial charge in [-0.3, -0.25) is 14.4 Å². The Morgan fingerprint density at radius 3 is 2.42 bits per heavy atom. The summed E-state index contributed by atoms with van der Waals surface area (Å²) in [6.45, 7) is 8.41. The number of rotatable bonds is 12. The number of alkyl carbamates (subject to hydrolysis) is 1. The summed E-state index contributed by atoms with van der Waals surface area (Å²) >= 11 is 0. The van der Waals surface area contributed by atoms with Crippen LogP contribution < -0.4 is 16.0 Å². The van der Waals surface area contributed by atoms with Crippen molar-refractivity contribution in [2.75, 3.05) is 6.54 Å². The van der Waals surface area contributed by atoms with Crippen molar-refractivity contribution in [1.29, 1.82) is 0 Å². The van der Waals surface area contributed by atoms with E-state index in [4.69, 9.17) is 9.84 Å². The lowest BCUT2D eigenvalue weighted by Gasteiger charge is -2.39. The molecular weight excluding hydrogens is 572 g/mol. The summed E-state index contributed by atoms with van der Waals surface area (Å²) in [7, 11) is 0. The maximum atomic E-state index is 14.0. The minimum absolute atomic E-state index is 0.0262. The van der Waals surface area contributed by atoms with E-state index in [1.807, 2.05) is 60.8 Å². The van der Waals surface area contributed by atoms with Crippen LogP contribution in [-0.2, 0) is 25.5 Å². The van der Waals surface area contributed by atoms with Crippen molar-refractivity contribution in [3.05, 3.63) is 71.9 Å². The van der Waals surface area contributed by atoms with E-state index < -0.39 is 35.5 Å². The molecule has 3 amide bonds. The van der Waals surface area contributed by atoms with Crippen LogP contribution in [-0.4, -0.2) is 52.2 Å². The number of fused-ring (bicyclic) bond motifs is 3. The smallest absolute Gasteiger partial charge is 0.408 e. The van der Waals surface area contributed by atoms with Crippen LogP contribution in [0.5, 0.6) is 0 Å². The number of para-hydroxylation sites is 1. The zero-order chi connectivity index (χ0) is 32.4. The third-order valence-corrected chi connectivity index (χ3v) is 10.6. The number of aromatic nitrogens is 1. The predicted molar refractivity (Wildman–Crippen MR) is 170 cm³/mol. The summed E-state index contributed by atoms with van der Waals surface area (Å²) < 4.78 is 6.09. The van der Waals surface area contributed by atoms with Crippen LogP contribution in [0, 0.1) is 16.7 Å². The van der Waals surface area contributed by atoms with Gasteiger partial charge in [0.05, 0.1) is 12.5 Å². The molecule has 3 unspecified atom stereocenters. The summed E-state index contributed by atoms with van der Waals surface area (Å²) in [5, 5.41) is 18.7. The van der Waals surface area contributed by atoms with Crippen molar-refractivity contribution in [1.82, 2.24) is 20.9 Å². The molecule has 2 fully saturated rings.